The molecule has 2 saturated heterocycles. The van der Waals surface area contributed by atoms with E-state index < -0.39 is 0 Å². The van der Waals surface area contributed by atoms with Crippen molar-refractivity contribution in [3.05, 3.63) is 30.1 Å². The maximum atomic E-state index is 13.8. The molecule has 0 aromatic heterocycles. The van der Waals surface area contributed by atoms with Crippen molar-refractivity contribution in [2.75, 3.05) is 51.3 Å². The zero-order chi connectivity index (χ0) is 14.7. The van der Waals surface area contributed by atoms with Crippen molar-refractivity contribution in [2.24, 2.45) is 0 Å². The highest BCUT2D eigenvalue weighted by atomic mass is 19.1. The highest BCUT2D eigenvalue weighted by molar-refractivity contribution is 5.47. The third kappa shape index (κ3) is 3.54. The fourth-order valence-corrected chi connectivity index (χ4v) is 3.29. The summed E-state index contributed by atoms with van der Waals surface area (Å²) >= 11 is 0. The van der Waals surface area contributed by atoms with Crippen molar-refractivity contribution >= 4 is 5.69 Å². The van der Waals surface area contributed by atoms with E-state index in [0.717, 1.165) is 51.4 Å². The van der Waals surface area contributed by atoms with Gasteiger partial charge in [0.25, 0.3) is 0 Å². The van der Waals surface area contributed by atoms with E-state index in [1.807, 2.05) is 12.1 Å². The van der Waals surface area contributed by atoms with Crippen LogP contribution in [0.4, 0.5) is 10.1 Å². The maximum Gasteiger partial charge on any atom is 0.146 e. The second kappa shape index (κ2) is 6.73. The molecule has 0 amide bonds. The van der Waals surface area contributed by atoms with Crippen molar-refractivity contribution in [2.45, 2.75) is 18.6 Å². The second-order valence-corrected chi connectivity index (χ2v) is 5.94. The molecule has 0 saturated carbocycles. The lowest BCUT2D eigenvalue weighted by molar-refractivity contribution is 0.115. The summed E-state index contributed by atoms with van der Waals surface area (Å²) in [5, 5.41) is 3.52. The van der Waals surface area contributed by atoms with Gasteiger partial charge in [-0.25, -0.2) is 4.39 Å². The number of piperazine rings is 1. The lowest BCUT2D eigenvalue weighted by Gasteiger charge is -2.37. The van der Waals surface area contributed by atoms with Crippen LogP contribution in [0.25, 0.3) is 0 Å². The Labute approximate surface area is 125 Å². The quantitative estimate of drug-likeness (QED) is 0.906. The SMILES string of the molecule is COC1CNC(CN2CCN(c3ccccc3F)CC2)C1. The van der Waals surface area contributed by atoms with E-state index in [9.17, 15) is 4.39 Å². The van der Waals surface area contributed by atoms with Crippen molar-refractivity contribution in [3.8, 4) is 0 Å². The molecule has 0 bridgehead atoms. The third-order valence-electron chi connectivity index (χ3n) is 4.56. The molecule has 1 aromatic carbocycles. The summed E-state index contributed by atoms with van der Waals surface area (Å²) in [5.74, 6) is -0.119. The molecule has 0 aliphatic carbocycles. The molecular formula is C16H24FN3O. The summed E-state index contributed by atoms with van der Waals surface area (Å²) in [6, 6.07) is 7.57. The minimum absolute atomic E-state index is 0.119. The number of hydrogen-bond acceptors (Lipinski definition) is 4. The van der Waals surface area contributed by atoms with Gasteiger partial charge in [-0.15, -0.1) is 0 Å². The van der Waals surface area contributed by atoms with E-state index in [0.29, 0.717) is 12.1 Å². The zero-order valence-corrected chi connectivity index (χ0v) is 12.6. The Bertz CT molecular complexity index is 463. The molecule has 4 nitrogen and oxygen atoms in total. The molecule has 2 atom stereocenters. The Morgan fingerprint density at radius 1 is 1.24 bits per heavy atom. The summed E-state index contributed by atoms with van der Waals surface area (Å²) in [5.41, 5.74) is 0.732. The van der Waals surface area contributed by atoms with Gasteiger partial charge in [-0.1, -0.05) is 12.1 Å². The molecule has 1 aromatic rings. The monoisotopic (exact) mass is 293 g/mol. The van der Waals surface area contributed by atoms with Gasteiger partial charge in [0.15, 0.2) is 0 Å². The van der Waals surface area contributed by atoms with Gasteiger partial charge in [-0.3, -0.25) is 4.90 Å². The van der Waals surface area contributed by atoms with E-state index in [1.54, 1.807) is 13.2 Å². The van der Waals surface area contributed by atoms with Gasteiger partial charge in [0, 0.05) is 52.4 Å². The van der Waals surface area contributed by atoms with Crippen LogP contribution in [0.5, 0.6) is 0 Å². The summed E-state index contributed by atoms with van der Waals surface area (Å²) in [7, 11) is 1.78. The molecule has 0 radical (unpaired) electrons. The first-order valence-corrected chi connectivity index (χ1v) is 7.74. The lowest BCUT2D eigenvalue weighted by Crippen LogP contribution is -2.50. The number of hydrogen-bond donors (Lipinski definition) is 1. The van der Waals surface area contributed by atoms with Gasteiger partial charge in [0.2, 0.25) is 0 Å². The van der Waals surface area contributed by atoms with Gasteiger partial charge in [-0.05, 0) is 18.6 Å². The molecular weight excluding hydrogens is 269 g/mol. The minimum Gasteiger partial charge on any atom is -0.380 e. The highest BCUT2D eigenvalue weighted by Gasteiger charge is 2.27. The summed E-state index contributed by atoms with van der Waals surface area (Å²) in [6.07, 6.45) is 1.44. The van der Waals surface area contributed by atoms with Crippen LogP contribution in [0, 0.1) is 5.82 Å². The summed E-state index contributed by atoms with van der Waals surface area (Å²) in [4.78, 5) is 4.61. The van der Waals surface area contributed by atoms with Crippen molar-refractivity contribution in [1.29, 1.82) is 0 Å². The molecule has 2 fully saturated rings. The van der Waals surface area contributed by atoms with E-state index >= 15 is 0 Å². The minimum atomic E-state index is -0.119. The Balaban J connectivity index is 1.48. The molecule has 1 N–H and O–H groups in total. The number of nitrogens with one attached hydrogen (secondary N) is 1. The zero-order valence-electron chi connectivity index (χ0n) is 12.6. The molecule has 116 valence electrons. The van der Waals surface area contributed by atoms with E-state index in [-0.39, 0.29) is 5.82 Å². The van der Waals surface area contributed by atoms with Crippen molar-refractivity contribution in [1.82, 2.24) is 10.2 Å². The third-order valence-corrected chi connectivity index (χ3v) is 4.56. The number of methoxy groups -OCH3 is 1. The van der Waals surface area contributed by atoms with E-state index in [2.05, 4.69) is 15.1 Å². The fraction of sp³-hybridized carbons (Fsp3) is 0.625. The molecule has 21 heavy (non-hydrogen) atoms. The summed E-state index contributed by atoms with van der Waals surface area (Å²) in [6.45, 7) is 5.78. The van der Waals surface area contributed by atoms with Crippen LogP contribution >= 0.6 is 0 Å². The van der Waals surface area contributed by atoms with Crippen LogP contribution in [0.1, 0.15) is 6.42 Å². The Kier molecular flexibility index (Phi) is 4.73. The predicted molar refractivity (Wildman–Crippen MR) is 82.3 cm³/mol. The number of halogens is 1. The van der Waals surface area contributed by atoms with E-state index in [1.165, 1.54) is 6.07 Å². The predicted octanol–water partition coefficient (Wildman–Crippen LogP) is 1.32. The van der Waals surface area contributed by atoms with Crippen LogP contribution in [-0.2, 0) is 4.74 Å². The second-order valence-electron chi connectivity index (χ2n) is 5.94. The first-order chi connectivity index (χ1) is 10.3. The molecule has 5 heteroatoms. The van der Waals surface area contributed by atoms with Crippen LogP contribution in [-0.4, -0.2) is 63.4 Å². The highest BCUT2D eigenvalue weighted by Crippen LogP contribution is 2.20. The lowest BCUT2D eigenvalue weighted by atomic mass is 10.1. The van der Waals surface area contributed by atoms with E-state index in [4.69, 9.17) is 4.74 Å². The maximum absolute atomic E-state index is 13.8. The van der Waals surface area contributed by atoms with Crippen LogP contribution in [0.15, 0.2) is 24.3 Å². The standard InChI is InChI=1S/C16H24FN3O/c1-21-14-10-13(18-11-14)12-19-6-8-20(9-7-19)16-5-3-2-4-15(16)17/h2-5,13-14,18H,6-12H2,1H3. The van der Waals surface area contributed by atoms with Gasteiger partial charge >= 0.3 is 0 Å². The molecule has 2 unspecified atom stereocenters. The number of benzene rings is 1. The number of nitrogens with zero attached hydrogens (tertiary/aromatic N) is 2. The molecule has 0 spiro atoms. The van der Waals surface area contributed by atoms with Crippen LogP contribution in [0.3, 0.4) is 0 Å². The number of rotatable bonds is 4. The Hall–Kier alpha value is -1.17. The number of ether oxygens (including phenoxy) is 1. The van der Waals surface area contributed by atoms with Gasteiger partial charge in [0.1, 0.15) is 5.82 Å². The van der Waals surface area contributed by atoms with Crippen LogP contribution in [0.2, 0.25) is 0 Å². The fourth-order valence-electron chi connectivity index (χ4n) is 3.29. The summed E-state index contributed by atoms with van der Waals surface area (Å²) < 4.78 is 19.2. The molecule has 2 aliphatic rings. The average molecular weight is 293 g/mol. The van der Waals surface area contributed by atoms with Crippen LogP contribution < -0.4 is 10.2 Å². The molecule has 3 rings (SSSR count). The van der Waals surface area contributed by atoms with Gasteiger partial charge in [-0.2, -0.15) is 0 Å². The van der Waals surface area contributed by atoms with Crippen molar-refractivity contribution < 1.29 is 9.13 Å². The number of para-hydroxylation sites is 1. The number of anilines is 1. The first-order valence-electron chi connectivity index (χ1n) is 7.74. The Morgan fingerprint density at radius 3 is 2.67 bits per heavy atom. The Morgan fingerprint density at radius 2 is 2.00 bits per heavy atom. The first kappa shape index (κ1) is 14.8. The van der Waals surface area contributed by atoms with Crippen molar-refractivity contribution in [3.63, 3.8) is 0 Å². The molecule has 2 heterocycles. The smallest absolute Gasteiger partial charge is 0.146 e. The largest absolute Gasteiger partial charge is 0.380 e. The van der Waals surface area contributed by atoms with Gasteiger partial charge in [0.05, 0.1) is 11.8 Å². The average Bonchev–Trinajstić information content (AvgIpc) is 2.96. The molecule has 2 aliphatic heterocycles. The van der Waals surface area contributed by atoms with Gasteiger partial charge < -0.3 is 15.0 Å². The normalized spacial score (nSPS) is 27.2. The topological polar surface area (TPSA) is 27.7 Å².